The van der Waals surface area contributed by atoms with Crippen LogP contribution in [0, 0.1) is 13.8 Å². The lowest BCUT2D eigenvalue weighted by atomic mass is 10.2. The molecule has 2 aromatic rings. The molecule has 4 heteroatoms. The molecular formula is C12H15N3O. The molecule has 1 atom stereocenters. The first kappa shape index (κ1) is 9.78. The number of nitrogens with zero attached hydrogens (tertiary/aromatic N) is 3. The molecule has 1 aliphatic rings. The Bertz CT molecular complexity index is 528. The topological polar surface area (TPSA) is 39.9 Å². The minimum atomic E-state index is 0.346. The van der Waals surface area contributed by atoms with Crippen LogP contribution < -0.4 is 0 Å². The molecule has 0 bridgehead atoms. The Balaban J connectivity index is 2.06. The van der Waals surface area contributed by atoms with Gasteiger partial charge in [0.05, 0.1) is 12.6 Å². The van der Waals surface area contributed by atoms with E-state index in [1.165, 1.54) is 0 Å². The number of hydrogen-bond donors (Lipinski definition) is 0. The van der Waals surface area contributed by atoms with E-state index in [1.54, 1.807) is 0 Å². The van der Waals surface area contributed by atoms with Crippen LogP contribution in [0.1, 0.15) is 17.9 Å². The fourth-order valence-corrected chi connectivity index (χ4v) is 2.06. The number of rotatable bonds is 2. The van der Waals surface area contributed by atoms with Crippen LogP contribution in [0.4, 0.5) is 0 Å². The van der Waals surface area contributed by atoms with Crippen molar-refractivity contribution in [2.24, 2.45) is 0 Å². The van der Waals surface area contributed by atoms with Crippen LogP contribution in [0.2, 0.25) is 0 Å². The summed E-state index contributed by atoms with van der Waals surface area (Å²) in [6.07, 6.45) is 1.49. The molecule has 0 aromatic carbocycles. The molecule has 0 radical (unpaired) electrons. The number of imidazole rings is 1. The van der Waals surface area contributed by atoms with Crippen LogP contribution in [0.5, 0.6) is 0 Å². The zero-order chi connectivity index (χ0) is 11.1. The molecule has 0 amide bonds. The van der Waals surface area contributed by atoms with Crippen LogP contribution in [-0.4, -0.2) is 27.2 Å². The first-order chi connectivity index (χ1) is 7.74. The van der Waals surface area contributed by atoms with Gasteiger partial charge in [-0.25, -0.2) is 9.97 Å². The summed E-state index contributed by atoms with van der Waals surface area (Å²) in [5, 5.41) is 0. The second kappa shape index (κ2) is 3.56. The van der Waals surface area contributed by atoms with Crippen LogP contribution in [-0.2, 0) is 11.3 Å². The van der Waals surface area contributed by atoms with E-state index in [4.69, 9.17) is 4.74 Å². The summed E-state index contributed by atoms with van der Waals surface area (Å²) in [6.45, 7) is 5.79. The molecule has 0 spiro atoms. The van der Waals surface area contributed by atoms with E-state index < -0.39 is 0 Å². The molecule has 1 saturated heterocycles. The van der Waals surface area contributed by atoms with Gasteiger partial charge < -0.3 is 9.30 Å². The highest BCUT2D eigenvalue weighted by Gasteiger charge is 2.21. The number of aromatic nitrogens is 3. The first-order valence-corrected chi connectivity index (χ1v) is 5.66. The molecule has 1 fully saturated rings. The van der Waals surface area contributed by atoms with E-state index >= 15 is 0 Å². The Kier molecular flexibility index (Phi) is 2.17. The zero-order valence-electron chi connectivity index (χ0n) is 9.60. The summed E-state index contributed by atoms with van der Waals surface area (Å²) in [5.74, 6) is 1.02. The Hall–Kier alpha value is -1.42. The number of hydrogen-bond acceptors (Lipinski definition) is 3. The maximum atomic E-state index is 5.46. The van der Waals surface area contributed by atoms with Gasteiger partial charge in [0.1, 0.15) is 11.3 Å². The largest absolute Gasteiger partial charge is 0.376 e. The van der Waals surface area contributed by atoms with E-state index in [0.29, 0.717) is 6.10 Å². The van der Waals surface area contributed by atoms with Gasteiger partial charge in [-0.15, -0.1) is 0 Å². The maximum Gasteiger partial charge on any atom is 0.160 e. The van der Waals surface area contributed by atoms with E-state index in [0.717, 1.165) is 42.3 Å². The summed E-state index contributed by atoms with van der Waals surface area (Å²) < 4.78 is 7.62. The minimum Gasteiger partial charge on any atom is -0.376 e. The molecule has 0 aliphatic carbocycles. The molecule has 4 nitrogen and oxygen atoms in total. The van der Waals surface area contributed by atoms with Crippen LogP contribution in [0.3, 0.4) is 0 Å². The van der Waals surface area contributed by atoms with Crippen LogP contribution in [0.15, 0.2) is 12.1 Å². The Labute approximate surface area is 94.3 Å². The predicted molar refractivity (Wildman–Crippen MR) is 61.4 cm³/mol. The highest BCUT2D eigenvalue weighted by atomic mass is 16.5. The zero-order valence-corrected chi connectivity index (χ0v) is 9.60. The van der Waals surface area contributed by atoms with E-state index in [1.807, 2.05) is 26.0 Å². The quantitative estimate of drug-likeness (QED) is 0.770. The first-order valence-electron chi connectivity index (χ1n) is 5.66. The van der Waals surface area contributed by atoms with Gasteiger partial charge in [0.25, 0.3) is 0 Å². The molecule has 1 unspecified atom stereocenters. The molecule has 3 rings (SSSR count). The van der Waals surface area contributed by atoms with E-state index in [-0.39, 0.29) is 0 Å². The maximum absolute atomic E-state index is 5.46. The third-order valence-corrected chi connectivity index (χ3v) is 3.10. The second-order valence-corrected chi connectivity index (χ2v) is 4.35. The van der Waals surface area contributed by atoms with Crippen molar-refractivity contribution < 1.29 is 4.74 Å². The monoisotopic (exact) mass is 217 g/mol. The number of aryl methyl sites for hydroxylation is 2. The third-order valence-electron chi connectivity index (χ3n) is 3.10. The average molecular weight is 217 g/mol. The van der Waals surface area contributed by atoms with Crippen molar-refractivity contribution in [2.75, 3.05) is 6.61 Å². The Morgan fingerprint density at radius 3 is 2.88 bits per heavy atom. The Morgan fingerprint density at radius 1 is 1.38 bits per heavy atom. The summed E-state index contributed by atoms with van der Waals surface area (Å²) in [6, 6.07) is 4.03. The Morgan fingerprint density at radius 2 is 2.19 bits per heavy atom. The fraction of sp³-hybridized carbons (Fsp3) is 0.500. The molecule has 0 N–H and O–H groups in total. The summed E-state index contributed by atoms with van der Waals surface area (Å²) in [4.78, 5) is 9.06. The van der Waals surface area contributed by atoms with Gasteiger partial charge in [0, 0.05) is 12.3 Å². The lowest BCUT2D eigenvalue weighted by molar-refractivity contribution is -0.0589. The summed E-state index contributed by atoms with van der Waals surface area (Å²) >= 11 is 0. The molecule has 3 heterocycles. The molecular weight excluding hydrogens is 202 g/mol. The van der Waals surface area contributed by atoms with Gasteiger partial charge in [-0.3, -0.25) is 0 Å². The van der Waals surface area contributed by atoms with Crippen LogP contribution >= 0.6 is 0 Å². The van der Waals surface area contributed by atoms with Gasteiger partial charge in [-0.2, -0.15) is 0 Å². The van der Waals surface area contributed by atoms with Crippen LogP contribution in [0.25, 0.3) is 11.2 Å². The fourth-order valence-electron chi connectivity index (χ4n) is 2.06. The minimum absolute atomic E-state index is 0.346. The van der Waals surface area contributed by atoms with Crippen molar-refractivity contribution >= 4 is 11.2 Å². The van der Waals surface area contributed by atoms with Crippen molar-refractivity contribution in [1.82, 2.24) is 14.5 Å². The highest BCUT2D eigenvalue weighted by molar-refractivity contribution is 5.71. The highest BCUT2D eigenvalue weighted by Crippen LogP contribution is 2.19. The average Bonchev–Trinajstić information content (AvgIpc) is 2.48. The molecule has 84 valence electrons. The van der Waals surface area contributed by atoms with Crippen molar-refractivity contribution in [1.29, 1.82) is 0 Å². The van der Waals surface area contributed by atoms with Gasteiger partial charge in [0.2, 0.25) is 0 Å². The number of pyridine rings is 1. The van der Waals surface area contributed by atoms with Gasteiger partial charge in [0.15, 0.2) is 5.65 Å². The van der Waals surface area contributed by atoms with E-state index in [2.05, 4.69) is 14.5 Å². The molecule has 2 aromatic heterocycles. The summed E-state index contributed by atoms with van der Waals surface area (Å²) in [7, 11) is 0. The molecule has 16 heavy (non-hydrogen) atoms. The van der Waals surface area contributed by atoms with Crippen molar-refractivity contribution in [3.05, 3.63) is 23.7 Å². The normalized spacial score (nSPS) is 20.0. The lowest BCUT2D eigenvalue weighted by Crippen LogP contribution is -2.31. The standard InChI is InChI=1S/C12H15N3O/c1-8-3-4-11-12(13-8)15(9(2)14-11)7-10-5-6-16-10/h3-4,10H,5-7H2,1-2H3. The third kappa shape index (κ3) is 1.50. The number of fused-ring (bicyclic) bond motifs is 1. The SMILES string of the molecule is Cc1ccc2nc(C)n(CC3CCO3)c2n1. The van der Waals surface area contributed by atoms with Gasteiger partial charge >= 0.3 is 0 Å². The van der Waals surface area contributed by atoms with Crippen molar-refractivity contribution in [3.8, 4) is 0 Å². The number of ether oxygens (including phenoxy) is 1. The van der Waals surface area contributed by atoms with E-state index in [9.17, 15) is 0 Å². The molecule has 1 aliphatic heterocycles. The van der Waals surface area contributed by atoms with Crippen molar-refractivity contribution in [3.63, 3.8) is 0 Å². The predicted octanol–water partition coefficient (Wildman–Crippen LogP) is 1.84. The lowest BCUT2D eigenvalue weighted by Gasteiger charge is -2.27. The second-order valence-electron chi connectivity index (χ2n) is 4.35. The summed E-state index contributed by atoms with van der Waals surface area (Å²) in [5.41, 5.74) is 2.98. The molecule has 0 saturated carbocycles. The van der Waals surface area contributed by atoms with Gasteiger partial charge in [-0.1, -0.05) is 0 Å². The smallest absolute Gasteiger partial charge is 0.160 e. The van der Waals surface area contributed by atoms with Crippen molar-refractivity contribution in [2.45, 2.75) is 32.9 Å². The van der Waals surface area contributed by atoms with Gasteiger partial charge in [-0.05, 0) is 32.4 Å².